The van der Waals surface area contributed by atoms with E-state index in [-0.39, 0.29) is 11.3 Å². The van der Waals surface area contributed by atoms with E-state index in [9.17, 15) is 4.79 Å². The van der Waals surface area contributed by atoms with Crippen LogP contribution in [0, 0.1) is 6.92 Å². The first-order valence-electron chi connectivity index (χ1n) is 8.36. The molecule has 2 rings (SSSR count). The Balaban J connectivity index is 1.88. The molecule has 24 heavy (non-hydrogen) atoms. The van der Waals surface area contributed by atoms with Gasteiger partial charge in [0.25, 0.3) is 5.91 Å². The summed E-state index contributed by atoms with van der Waals surface area (Å²) >= 11 is 0. The molecule has 2 aromatic rings. The second-order valence-corrected chi connectivity index (χ2v) is 7.24. The molecule has 0 fully saturated rings. The highest BCUT2D eigenvalue weighted by Gasteiger charge is 2.16. The van der Waals surface area contributed by atoms with Crippen LogP contribution in [0.25, 0.3) is 0 Å². The molecular formula is C21H27NO2. The zero-order chi connectivity index (χ0) is 17.7. The minimum absolute atomic E-state index is 0.107. The summed E-state index contributed by atoms with van der Waals surface area (Å²) in [7, 11) is 0. The van der Waals surface area contributed by atoms with Gasteiger partial charge in [0.15, 0.2) is 6.10 Å². The van der Waals surface area contributed by atoms with Gasteiger partial charge in [-0.1, -0.05) is 62.7 Å². The van der Waals surface area contributed by atoms with Gasteiger partial charge in [-0.3, -0.25) is 4.79 Å². The van der Waals surface area contributed by atoms with Crippen LogP contribution in [-0.2, 0) is 16.8 Å². The van der Waals surface area contributed by atoms with Crippen molar-refractivity contribution in [3.8, 4) is 5.75 Å². The van der Waals surface area contributed by atoms with Gasteiger partial charge in [-0.05, 0) is 42.5 Å². The first-order valence-corrected chi connectivity index (χ1v) is 8.36. The van der Waals surface area contributed by atoms with E-state index in [1.54, 1.807) is 6.92 Å². The number of nitrogens with one attached hydrogen (secondary N) is 1. The number of carbonyl (C=O) groups excluding carboxylic acids is 1. The molecule has 0 radical (unpaired) electrons. The van der Waals surface area contributed by atoms with Crippen molar-refractivity contribution in [3.63, 3.8) is 0 Å². The van der Waals surface area contributed by atoms with Crippen molar-refractivity contribution in [3.05, 3.63) is 65.2 Å². The minimum atomic E-state index is -0.532. The van der Waals surface area contributed by atoms with Crippen molar-refractivity contribution in [2.24, 2.45) is 0 Å². The van der Waals surface area contributed by atoms with E-state index in [0.717, 1.165) is 5.56 Å². The highest BCUT2D eigenvalue weighted by Crippen LogP contribution is 2.24. The molecule has 0 unspecified atom stereocenters. The zero-order valence-electron chi connectivity index (χ0n) is 15.2. The maximum absolute atomic E-state index is 12.2. The fraction of sp³-hybridized carbons (Fsp3) is 0.381. The lowest BCUT2D eigenvalue weighted by molar-refractivity contribution is -0.127. The van der Waals surface area contributed by atoms with E-state index in [2.05, 4.69) is 26.1 Å². The number of ether oxygens (including phenoxy) is 1. The molecular weight excluding hydrogens is 298 g/mol. The largest absolute Gasteiger partial charge is 0.481 e. The molecule has 3 heteroatoms. The van der Waals surface area contributed by atoms with Crippen molar-refractivity contribution in [2.75, 3.05) is 0 Å². The van der Waals surface area contributed by atoms with Gasteiger partial charge in [-0.2, -0.15) is 0 Å². The Labute approximate surface area is 145 Å². The molecule has 0 saturated heterocycles. The molecule has 0 aliphatic carbocycles. The Hall–Kier alpha value is -2.29. The van der Waals surface area contributed by atoms with Crippen LogP contribution in [0.15, 0.2) is 48.5 Å². The molecule has 1 amide bonds. The third-order valence-corrected chi connectivity index (χ3v) is 3.99. The topological polar surface area (TPSA) is 38.3 Å². The van der Waals surface area contributed by atoms with Gasteiger partial charge in [-0.25, -0.2) is 0 Å². The minimum Gasteiger partial charge on any atom is -0.481 e. The van der Waals surface area contributed by atoms with E-state index < -0.39 is 6.10 Å². The molecule has 128 valence electrons. The molecule has 0 bridgehead atoms. The quantitative estimate of drug-likeness (QED) is 0.886. The van der Waals surface area contributed by atoms with E-state index in [4.69, 9.17) is 4.74 Å². The Kier molecular flexibility index (Phi) is 5.66. The number of amides is 1. The summed E-state index contributed by atoms with van der Waals surface area (Å²) in [5.41, 5.74) is 3.64. The summed E-state index contributed by atoms with van der Waals surface area (Å²) in [5, 5.41) is 2.91. The van der Waals surface area contributed by atoms with Crippen molar-refractivity contribution in [1.82, 2.24) is 5.32 Å². The highest BCUT2D eigenvalue weighted by atomic mass is 16.5. The van der Waals surface area contributed by atoms with Crippen molar-refractivity contribution in [2.45, 2.75) is 52.7 Å². The fourth-order valence-electron chi connectivity index (χ4n) is 2.33. The standard InChI is InChI=1S/C21H27NO2/c1-15-6-8-17(9-7-15)14-22-20(23)16(2)24-19-12-10-18(11-13-19)21(3,4)5/h6-13,16H,14H2,1-5H3,(H,22,23)/t16-/m0/s1. The normalized spacial score (nSPS) is 12.5. The van der Waals surface area contributed by atoms with E-state index in [1.807, 2.05) is 55.5 Å². The summed E-state index contributed by atoms with van der Waals surface area (Å²) in [6.07, 6.45) is -0.532. The first-order chi connectivity index (χ1) is 11.3. The number of rotatable bonds is 5. The van der Waals surface area contributed by atoms with Gasteiger partial charge < -0.3 is 10.1 Å². The summed E-state index contributed by atoms with van der Waals surface area (Å²) in [6, 6.07) is 16.1. The molecule has 1 atom stereocenters. The van der Waals surface area contributed by atoms with E-state index in [0.29, 0.717) is 12.3 Å². The molecule has 0 aliphatic rings. The molecule has 2 aromatic carbocycles. The van der Waals surface area contributed by atoms with Gasteiger partial charge in [-0.15, -0.1) is 0 Å². The van der Waals surface area contributed by atoms with Gasteiger partial charge in [0.1, 0.15) is 5.75 Å². The number of hydrogen-bond acceptors (Lipinski definition) is 2. The fourth-order valence-corrected chi connectivity index (χ4v) is 2.33. The summed E-state index contributed by atoms with van der Waals surface area (Å²) in [6.45, 7) is 10.8. The first kappa shape index (κ1) is 18.1. The Bertz CT molecular complexity index is 666. The lowest BCUT2D eigenvalue weighted by Gasteiger charge is -2.20. The Morgan fingerprint density at radius 2 is 1.62 bits per heavy atom. The van der Waals surface area contributed by atoms with Crippen molar-refractivity contribution < 1.29 is 9.53 Å². The summed E-state index contributed by atoms with van der Waals surface area (Å²) < 4.78 is 5.74. The average Bonchev–Trinajstić information content (AvgIpc) is 2.53. The maximum Gasteiger partial charge on any atom is 0.261 e. The Morgan fingerprint density at radius 1 is 1.04 bits per heavy atom. The summed E-state index contributed by atoms with van der Waals surface area (Å²) in [4.78, 5) is 12.2. The molecule has 3 nitrogen and oxygen atoms in total. The summed E-state index contributed by atoms with van der Waals surface area (Å²) in [5.74, 6) is 0.594. The molecule has 0 aliphatic heterocycles. The van der Waals surface area contributed by atoms with Crippen molar-refractivity contribution >= 4 is 5.91 Å². The number of carbonyl (C=O) groups is 1. The van der Waals surface area contributed by atoms with Crippen molar-refractivity contribution in [1.29, 1.82) is 0 Å². The van der Waals surface area contributed by atoms with Gasteiger partial charge in [0.05, 0.1) is 0 Å². The Morgan fingerprint density at radius 3 is 2.17 bits per heavy atom. The van der Waals surface area contributed by atoms with Crippen LogP contribution in [0.2, 0.25) is 0 Å². The number of aryl methyl sites for hydroxylation is 1. The molecule has 0 saturated carbocycles. The monoisotopic (exact) mass is 325 g/mol. The van der Waals surface area contributed by atoms with E-state index in [1.165, 1.54) is 11.1 Å². The molecule has 0 aromatic heterocycles. The second kappa shape index (κ2) is 7.52. The van der Waals surface area contributed by atoms with Crippen LogP contribution in [0.4, 0.5) is 0 Å². The predicted molar refractivity (Wildman–Crippen MR) is 98.3 cm³/mol. The number of benzene rings is 2. The van der Waals surface area contributed by atoms with E-state index >= 15 is 0 Å². The maximum atomic E-state index is 12.2. The van der Waals surface area contributed by atoms with Crippen LogP contribution in [0.5, 0.6) is 5.75 Å². The molecule has 0 heterocycles. The zero-order valence-corrected chi connectivity index (χ0v) is 15.2. The molecule has 0 spiro atoms. The van der Waals surface area contributed by atoms with Gasteiger partial charge in [0, 0.05) is 6.54 Å². The third kappa shape index (κ3) is 5.12. The lowest BCUT2D eigenvalue weighted by Crippen LogP contribution is -2.35. The smallest absolute Gasteiger partial charge is 0.261 e. The van der Waals surface area contributed by atoms with Crippen LogP contribution in [0.1, 0.15) is 44.4 Å². The van der Waals surface area contributed by atoms with Gasteiger partial charge >= 0.3 is 0 Å². The predicted octanol–water partition coefficient (Wildman–Crippen LogP) is 4.38. The average molecular weight is 325 g/mol. The van der Waals surface area contributed by atoms with Crippen LogP contribution >= 0.6 is 0 Å². The van der Waals surface area contributed by atoms with Gasteiger partial charge in [0.2, 0.25) is 0 Å². The SMILES string of the molecule is Cc1ccc(CNC(=O)[C@H](C)Oc2ccc(C(C)(C)C)cc2)cc1. The molecule has 1 N–H and O–H groups in total. The highest BCUT2D eigenvalue weighted by molar-refractivity contribution is 5.80. The van der Waals surface area contributed by atoms with Crippen LogP contribution in [-0.4, -0.2) is 12.0 Å². The van der Waals surface area contributed by atoms with Crippen LogP contribution in [0.3, 0.4) is 0 Å². The van der Waals surface area contributed by atoms with Crippen LogP contribution < -0.4 is 10.1 Å². The third-order valence-electron chi connectivity index (χ3n) is 3.99. The second-order valence-electron chi connectivity index (χ2n) is 7.24. The number of hydrogen-bond donors (Lipinski definition) is 1. The lowest BCUT2D eigenvalue weighted by atomic mass is 9.87.